The average Bonchev–Trinajstić information content (AvgIpc) is 2.72. The van der Waals surface area contributed by atoms with Crippen LogP contribution in [-0.4, -0.2) is 56.3 Å². The van der Waals surface area contributed by atoms with Crippen LogP contribution in [-0.2, 0) is 6.18 Å². The molecule has 2 aromatic rings. The third kappa shape index (κ3) is 7.72. The first kappa shape index (κ1) is 22.1. The summed E-state index contributed by atoms with van der Waals surface area (Å²) in [4.78, 5) is 11.3. The molecule has 0 bridgehead atoms. The second-order valence-electron chi connectivity index (χ2n) is 5.64. The van der Waals surface area contributed by atoms with E-state index in [2.05, 4.69) is 30.9 Å². The number of hydrogen-bond acceptors (Lipinski definition) is 6. The standard InChI is InChI=1S/C18H23F3N6O2/c1-22-16(26-11-12-29-14-5-3-13(28-2)4-6-14)24-9-10-25-17-23-8-7-15(27-17)18(19,20)21/h3-8H,9-12H2,1-2H3,(H2,22,24,26)(H,23,25,27). The summed E-state index contributed by atoms with van der Waals surface area (Å²) >= 11 is 0. The Morgan fingerprint density at radius 2 is 1.72 bits per heavy atom. The molecule has 2 rings (SSSR count). The molecule has 0 radical (unpaired) electrons. The van der Waals surface area contributed by atoms with E-state index < -0.39 is 11.9 Å². The van der Waals surface area contributed by atoms with Crippen LogP contribution < -0.4 is 25.4 Å². The number of anilines is 1. The summed E-state index contributed by atoms with van der Waals surface area (Å²) in [5.74, 6) is 1.93. The van der Waals surface area contributed by atoms with Crippen molar-refractivity contribution in [3.63, 3.8) is 0 Å². The van der Waals surface area contributed by atoms with Gasteiger partial charge < -0.3 is 25.4 Å². The number of ether oxygens (including phenoxy) is 2. The number of rotatable bonds is 9. The van der Waals surface area contributed by atoms with Gasteiger partial charge in [-0.2, -0.15) is 13.2 Å². The summed E-state index contributed by atoms with van der Waals surface area (Å²) < 4.78 is 48.6. The van der Waals surface area contributed by atoms with Crippen LogP contribution in [0.15, 0.2) is 41.5 Å². The summed E-state index contributed by atoms with van der Waals surface area (Å²) in [6.45, 7) is 1.64. The Bertz CT molecular complexity index is 784. The van der Waals surface area contributed by atoms with Crippen molar-refractivity contribution in [3.05, 3.63) is 42.2 Å². The molecule has 1 heterocycles. The molecule has 158 valence electrons. The molecule has 0 unspecified atom stereocenters. The molecule has 0 spiro atoms. The highest BCUT2D eigenvalue weighted by molar-refractivity contribution is 5.79. The SMILES string of the molecule is CN=C(NCCNc1nccc(C(F)(F)F)n1)NCCOc1ccc(OC)cc1. The van der Waals surface area contributed by atoms with Gasteiger partial charge in [0.15, 0.2) is 5.96 Å². The lowest BCUT2D eigenvalue weighted by Crippen LogP contribution is -2.41. The van der Waals surface area contributed by atoms with Crippen molar-refractivity contribution in [2.75, 3.05) is 45.7 Å². The molecule has 29 heavy (non-hydrogen) atoms. The number of nitrogens with one attached hydrogen (secondary N) is 3. The number of halogens is 3. The Morgan fingerprint density at radius 3 is 2.38 bits per heavy atom. The minimum atomic E-state index is -4.50. The Labute approximate surface area is 166 Å². The van der Waals surface area contributed by atoms with E-state index >= 15 is 0 Å². The van der Waals surface area contributed by atoms with E-state index in [4.69, 9.17) is 9.47 Å². The molecule has 8 nitrogen and oxygen atoms in total. The third-order valence-corrected chi connectivity index (χ3v) is 3.59. The van der Waals surface area contributed by atoms with Gasteiger partial charge in [0.1, 0.15) is 23.8 Å². The Morgan fingerprint density at radius 1 is 1.03 bits per heavy atom. The highest BCUT2D eigenvalue weighted by Crippen LogP contribution is 2.27. The van der Waals surface area contributed by atoms with E-state index in [0.717, 1.165) is 23.8 Å². The maximum Gasteiger partial charge on any atom is 0.433 e. The quantitative estimate of drug-likeness (QED) is 0.330. The first-order chi connectivity index (χ1) is 13.9. The van der Waals surface area contributed by atoms with Crippen LogP contribution in [0.4, 0.5) is 19.1 Å². The molecule has 0 saturated carbocycles. The number of aliphatic imine (C=N–C) groups is 1. The zero-order chi connectivity index (χ0) is 21.1. The smallest absolute Gasteiger partial charge is 0.433 e. The van der Waals surface area contributed by atoms with Gasteiger partial charge in [0.05, 0.1) is 13.7 Å². The molecule has 1 aromatic heterocycles. The van der Waals surface area contributed by atoms with Crippen LogP contribution in [0, 0.1) is 0 Å². The third-order valence-electron chi connectivity index (χ3n) is 3.59. The number of aromatic nitrogens is 2. The van der Waals surface area contributed by atoms with Crippen molar-refractivity contribution < 1.29 is 22.6 Å². The highest BCUT2D eigenvalue weighted by atomic mass is 19.4. The monoisotopic (exact) mass is 412 g/mol. The maximum absolute atomic E-state index is 12.6. The van der Waals surface area contributed by atoms with E-state index in [1.807, 2.05) is 24.3 Å². The molecular weight excluding hydrogens is 389 g/mol. The largest absolute Gasteiger partial charge is 0.497 e. The van der Waals surface area contributed by atoms with E-state index in [9.17, 15) is 13.2 Å². The molecule has 0 saturated heterocycles. The summed E-state index contributed by atoms with van der Waals surface area (Å²) in [6, 6.07) is 8.07. The van der Waals surface area contributed by atoms with Gasteiger partial charge in [-0.1, -0.05) is 0 Å². The Balaban J connectivity index is 1.65. The fourth-order valence-corrected chi connectivity index (χ4v) is 2.19. The number of hydrogen-bond donors (Lipinski definition) is 3. The fourth-order valence-electron chi connectivity index (χ4n) is 2.19. The van der Waals surface area contributed by atoms with Gasteiger partial charge in [0, 0.05) is 26.3 Å². The van der Waals surface area contributed by atoms with Gasteiger partial charge in [-0.05, 0) is 30.3 Å². The molecule has 0 amide bonds. The predicted octanol–water partition coefficient (Wildman–Crippen LogP) is 2.16. The molecule has 11 heteroatoms. The lowest BCUT2D eigenvalue weighted by Gasteiger charge is -2.13. The minimum Gasteiger partial charge on any atom is -0.497 e. The van der Waals surface area contributed by atoms with Crippen molar-refractivity contribution in [2.45, 2.75) is 6.18 Å². The lowest BCUT2D eigenvalue weighted by atomic mass is 10.3. The summed E-state index contributed by atoms with van der Waals surface area (Å²) in [5.41, 5.74) is -0.989. The van der Waals surface area contributed by atoms with Crippen molar-refractivity contribution in [2.24, 2.45) is 4.99 Å². The lowest BCUT2D eigenvalue weighted by molar-refractivity contribution is -0.141. The summed E-state index contributed by atoms with van der Waals surface area (Å²) in [7, 11) is 3.21. The van der Waals surface area contributed by atoms with Gasteiger partial charge in [-0.3, -0.25) is 4.99 Å². The fraction of sp³-hybridized carbons (Fsp3) is 0.389. The van der Waals surface area contributed by atoms with Gasteiger partial charge in [0.25, 0.3) is 0 Å². The van der Waals surface area contributed by atoms with E-state index in [0.29, 0.717) is 32.2 Å². The first-order valence-electron chi connectivity index (χ1n) is 8.78. The molecule has 0 fully saturated rings. The maximum atomic E-state index is 12.6. The molecule has 0 aliphatic carbocycles. The highest BCUT2D eigenvalue weighted by Gasteiger charge is 2.32. The second kappa shape index (κ2) is 10.9. The predicted molar refractivity (Wildman–Crippen MR) is 103 cm³/mol. The summed E-state index contributed by atoms with van der Waals surface area (Å²) in [6.07, 6.45) is -3.44. The number of benzene rings is 1. The van der Waals surface area contributed by atoms with Crippen molar-refractivity contribution in [1.29, 1.82) is 0 Å². The van der Waals surface area contributed by atoms with Crippen molar-refractivity contribution in [3.8, 4) is 11.5 Å². The van der Waals surface area contributed by atoms with Crippen LogP contribution in [0.3, 0.4) is 0 Å². The van der Waals surface area contributed by atoms with Crippen molar-refractivity contribution >= 4 is 11.9 Å². The molecule has 0 atom stereocenters. The van der Waals surface area contributed by atoms with Gasteiger partial charge in [0.2, 0.25) is 5.95 Å². The number of methoxy groups -OCH3 is 1. The van der Waals surface area contributed by atoms with Crippen LogP contribution >= 0.6 is 0 Å². The normalized spacial score (nSPS) is 11.7. The van der Waals surface area contributed by atoms with Gasteiger partial charge in [-0.15, -0.1) is 0 Å². The van der Waals surface area contributed by atoms with E-state index in [1.165, 1.54) is 0 Å². The van der Waals surface area contributed by atoms with Crippen LogP contribution in [0.1, 0.15) is 5.69 Å². The molecular formula is C18H23F3N6O2. The molecule has 0 aliphatic rings. The van der Waals surface area contributed by atoms with Crippen LogP contribution in [0.25, 0.3) is 0 Å². The number of guanidine groups is 1. The van der Waals surface area contributed by atoms with Gasteiger partial charge in [-0.25, -0.2) is 9.97 Å². The molecule has 0 aliphatic heterocycles. The average molecular weight is 412 g/mol. The van der Waals surface area contributed by atoms with Crippen molar-refractivity contribution in [1.82, 2.24) is 20.6 Å². The second-order valence-corrected chi connectivity index (χ2v) is 5.64. The number of nitrogens with zero attached hydrogens (tertiary/aromatic N) is 3. The Hall–Kier alpha value is -3.24. The molecule has 1 aromatic carbocycles. The minimum absolute atomic E-state index is 0.0857. The van der Waals surface area contributed by atoms with Gasteiger partial charge >= 0.3 is 6.18 Å². The topological polar surface area (TPSA) is 92.7 Å². The first-order valence-corrected chi connectivity index (χ1v) is 8.78. The van der Waals surface area contributed by atoms with E-state index in [-0.39, 0.29) is 5.95 Å². The zero-order valence-electron chi connectivity index (χ0n) is 16.1. The molecule has 3 N–H and O–H groups in total. The van der Waals surface area contributed by atoms with Crippen LogP contribution in [0.2, 0.25) is 0 Å². The Kier molecular flexibility index (Phi) is 8.31. The summed E-state index contributed by atoms with van der Waals surface area (Å²) in [5, 5.41) is 8.83. The van der Waals surface area contributed by atoms with E-state index in [1.54, 1.807) is 14.2 Å². The van der Waals surface area contributed by atoms with Crippen LogP contribution in [0.5, 0.6) is 11.5 Å². The zero-order valence-corrected chi connectivity index (χ0v) is 16.1. The number of alkyl halides is 3.